The van der Waals surface area contributed by atoms with Gasteiger partial charge in [0.15, 0.2) is 0 Å². The maximum absolute atomic E-state index is 11.9. The summed E-state index contributed by atoms with van der Waals surface area (Å²) in [4.78, 5) is 14.3. The van der Waals surface area contributed by atoms with E-state index < -0.39 is 0 Å². The summed E-state index contributed by atoms with van der Waals surface area (Å²) >= 11 is 0. The lowest BCUT2D eigenvalue weighted by Gasteiger charge is -2.26. The molecule has 0 aliphatic carbocycles. The van der Waals surface area contributed by atoms with Crippen molar-refractivity contribution in [3.8, 4) is 0 Å². The molecule has 1 aliphatic heterocycles. The van der Waals surface area contributed by atoms with E-state index in [0.717, 1.165) is 19.6 Å². The van der Waals surface area contributed by atoms with Gasteiger partial charge in [0.2, 0.25) is 5.91 Å². The highest BCUT2D eigenvalue weighted by Crippen LogP contribution is 2.20. The second kappa shape index (κ2) is 6.71. The zero-order valence-electron chi connectivity index (χ0n) is 13.2. The molecular formula is C15H31N3O. The van der Waals surface area contributed by atoms with E-state index in [2.05, 4.69) is 44.8 Å². The molecule has 0 spiro atoms. The SMILES string of the molecule is CC(C)N1CCC(CNC(=O)CC(N)C(C)(C)C)C1. The first kappa shape index (κ1) is 16.4. The lowest BCUT2D eigenvalue weighted by Crippen LogP contribution is -2.41. The number of nitrogens with zero attached hydrogens (tertiary/aromatic N) is 1. The molecule has 0 bridgehead atoms. The van der Waals surface area contributed by atoms with Gasteiger partial charge in [-0.25, -0.2) is 0 Å². The van der Waals surface area contributed by atoms with Crippen LogP contribution in [0.3, 0.4) is 0 Å². The molecule has 0 aromatic rings. The zero-order chi connectivity index (χ0) is 14.6. The average Bonchev–Trinajstić information content (AvgIpc) is 2.73. The predicted molar refractivity (Wildman–Crippen MR) is 79.9 cm³/mol. The van der Waals surface area contributed by atoms with Crippen LogP contribution in [0.4, 0.5) is 0 Å². The normalized spacial score (nSPS) is 22.8. The molecule has 3 N–H and O–H groups in total. The second-order valence-corrected chi connectivity index (χ2v) is 7.22. The minimum absolute atomic E-state index is 0.0147. The Morgan fingerprint density at radius 1 is 1.42 bits per heavy atom. The lowest BCUT2D eigenvalue weighted by molar-refractivity contribution is -0.122. The van der Waals surface area contributed by atoms with Gasteiger partial charge in [-0.1, -0.05) is 20.8 Å². The molecule has 112 valence electrons. The number of likely N-dealkylation sites (tertiary alicyclic amines) is 1. The monoisotopic (exact) mass is 269 g/mol. The molecule has 4 nitrogen and oxygen atoms in total. The van der Waals surface area contributed by atoms with Crippen molar-refractivity contribution in [3.05, 3.63) is 0 Å². The molecule has 0 saturated carbocycles. The molecule has 1 rings (SSSR count). The van der Waals surface area contributed by atoms with Gasteiger partial charge in [-0.15, -0.1) is 0 Å². The third-order valence-corrected chi connectivity index (χ3v) is 4.15. The van der Waals surface area contributed by atoms with Crippen molar-refractivity contribution in [2.45, 2.75) is 59.5 Å². The van der Waals surface area contributed by atoms with Gasteiger partial charge in [0.05, 0.1) is 0 Å². The number of nitrogens with one attached hydrogen (secondary N) is 1. The summed E-state index contributed by atoms with van der Waals surface area (Å²) in [5.41, 5.74) is 6.01. The summed E-state index contributed by atoms with van der Waals surface area (Å²) < 4.78 is 0. The Hall–Kier alpha value is -0.610. The maximum Gasteiger partial charge on any atom is 0.221 e. The summed E-state index contributed by atoms with van der Waals surface area (Å²) in [7, 11) is 0. The summed E-state index contributed by atoms with van der Waals surface area (Å²) in [6.45, 7) is 13.7. The summed E-state index contributed by atoms with van der Waals surface area (Å²) in [6, 6.07) is 0.526. The van der Waals surface area contributed by atoms with Crippen LogP contribution in [-0.2, 0) is 4.79 Å². The lowest BCUT2D eigenvalue weighted by atomic mass is 9.85. The molecule has 19 heavy (non-hydrogen) atoms. The smallest absolute Gasteiger partial charge is 0.221 e. The molecule has 0 aromatic carbocycles. The van der Waals surface area contributed by atoms with Gasteiger partial charge in [-0.2, -0.15) is 0 Å². The summed E-state index contributed by atoms with van der Waals surface area (Å²) in [5, 5.41) is 3.04. The Morgan fingerprint density at radius 3 is 2.53 bits per heavy atom. The van der Waals surface area contributed by atoms with Crippen molar-refractivity contribution in [3.63, 3.8) is 0 Å². The number of amides is 1. The van der Waals surface area contributed by atoms with Crippen LogP contribution in [0, 0.1) is 11.3 Å². The largest absolute Gasteiger partial charge is 0.356 e. The molecule has 1 heterocycles. The molecule has 0 aromatic heterocycles. The number of hydrogen-bond donors (Lipinski definition) is 2. The molecule has 2 atom stereocenters. The fourth-order valence-corrected chi connectivity index (χ4v) is 2.33. The van der Waals surface area contributed by atoms with E-state index in [1.807, 2.05) is 0 Å². The summed E-state index contributed by atoms with van der Waals surface area (Å²) in [5.74, 6) is 0.683. The van der Waals surface area contributed by atoms with Gasteiger partial charge in [0.1, 0.15) is 0 Å². The van der Waals surface area contributed by atoms with E-state index in [1.54, 1.807) is 0 Å². The van der Waals surface area contributed by atoms with Crippen molar-refractivity contribution in [1.82, 2.24) is 10.2 Å². The minimum atomic E-state index is -0.0803. The van der Waals surface area contributed by atoms with Gasteiger partial charge in [-0.05, 0) is 38.1 Å². The zero-order valence-corrected chi connectivity index (χ0v) is 13.2. The average molecular weight is 269 g/mol. The first-order valence-corrected chi connectivity index (χ1v) is 7.46. The number of rotatable bonds is 5. The van der Waals surface area contributed by atoms with E-state index in [0.29, 0.717) is 18.4 Å². The van der Waals surface area contributed by atoms with Gasteiger partial charge in [-0.3, -0.25) is 4.79 Å². The Labute approximate surface area is 118 Å². The minimum Gasteiger partial charge on any atom is -0.356 e. The molecule has 1 saturated heterocycles. The third-order valence-electron chi connectivity index (χ3n) is 4.15. The first-order valence-electron chi connectivity index (χ1n) is 7.46. The van der Waals surface area contributed by atoms with Gasteiger partial charge < -0.3 is 16.0 Å². The fraction of sp³-hybridized carbons (Fsp3) is 0.933. The van der Waals surface area contributed by atoms with Gasteiger partial charge in [0, 0.05) is 31.6 Å². The first-order chi connectivity index (χ1) is 8.70. The topological polar surface area (TPSA) is 58.4 Å². The van der Waals surface area contributed by atoms with Crippen molar-refractivity contribution in [1.29, 1.82) is 0 Å². The van der Waals surface area contributed by atoms with Crippen LogP contribution in [0.1, 0.15) is 47.5 Å². The van der Waals surface area contributed by atoms with Crippen LogP contribution in [0.2, 0.25) is 0 Å². The van der Waals surface area contributed by atoms with E-state index >= 15 is 0 Å². The predicted octanol–water partition coefficient (Wildman–Crippen LogP) is 1.60. The molecular weight excluding hydrogens is 238 g/mol. The molecule has 4 heteroatoms. The number of carbonyl (C=O) groups is 1. The van der Waals surface area contributed by atoms with E-state index in [1.165, 1.54) is 6.42 Å². The Balaban J connectivity index is 2.25. The van der Waals surface area contributed by atoms with Crippen molar-refractivity contribution < 1.29 is 4.79 Å². The number of hydrogen-bond acceptors (Lipinski definition) is 3. The molecule has 1 amide bonds. The number of nitrogens with two attached hydrogens (primary N) is 1. The highest BCUT2D eigenvalue weighted by molar-refractivity contribution is 5.76. The second-order valence-electron chi connectivity index (χ2n) is 7.22. The van der Waals surface area contributed by atoms with Crippen LogP contribution in [0.25, 0.3) is 0 Å². The highest BCUT2D eigenvalue weighted by Gasteiger charge is 2.26. The van der Waals surface area contributed by atoms with Crippen LogP contribution in [0.15, 0.2) is 0 Å². The van der Waals surface area contributed by atoms with Crippen molar-refractivity contribution >= 4 is 5.91 Å². The molecule has 2 unspecified atom stereocenters. The van der Waals surface area contributed by atoms with E-state index in [9.17, 15) is 4.79 Å². The maximum atomic E-state index is 11.9. The van der Waals surface area contributed by atoms with E-state index in [-0.39, 0.29) is 17.4 Å². The van der Waals surface area contributed by atoms with E-state index in [4.69, 9.17) is 5.73 Å². The van der Waals surface area contributed by atoms with Crippen LogP contribution < -0.4 is 11.1 Å². The third kappa shape index (κ3) is 5.49. The fourth-order valence-electron chi connectivity index (χ4n) is 2.33. The van der Waals surface area contributed by atoms with Gasteiger partial charge >= 0.3 is 0 Å². The van der Waals surface area contributed by atoms with Crippen LogP contribution in [-0.4, -0.2) is 42.5 Å². The number of carbonyl (C=O) groups excluding carboxylic acids is 1. The van der Waals surface area contributed by atoms with Gasteiger partial charge in [0.25, 0.3) is 0 Å². The van der Waals surface area contributed by atoms with Crippen molar-refractivity contribution in [2.75, 3.05) is 19.6 Å². The quantitative estimate of drug-likeness (QED) is 0.797. The molecule has 0 radical (unpaired) electrons. The highest BCUT2D eigenvalue weighted by atomic mass is 16.1. The van der Waals surface area contributed by atoms with Crippen LogP contribution in [0.5, 0.6) is 0 Å². The molecule has 1 aliphatic rings. The van der Waals surface area contributed by atoms with Crippen molar-refractivity contribution in [2.24, 2.45) is 17.1 Å². The Kier molecular flexibility index (Phi) is 5.81. The Bertz CT molecular complexity index is 296. The Morgan fingerprint density at radius 2 is 2.05 bits per heavy atom. The molecule has 1 fully saturated rings. The van der Waals surface area contributed by atoms with Crippen LogP contribution >= 0.6 is 0 Å². The summed E-state index contributed by atoms with van der Waals surface area (Å²) in [6.07, 6.45) is 1.61. The standard InChI is InChI=1S/C15H31N3O/c1-11(2)18-7-6-12(10-18)9-17-14(19)8-13(16)15(3,4)5/h11-13H,6-10,16H2,1-5H3,(H,17,19).